The van der Waals surface area contributed by atoms with Gasteiger partial charge in [-0.3, -0.25) is 0 Å². The van der Waals surface area contributed by atoms with Gasteiger partial charge in [0.25, 0.3) is 0 Å². The maximum atomic E-state index is 2.60. The van der Waals surface area contributed by atoms with Gasteiger partial charge in [0.15, 0.2) is 0 Å². The molecular weight excluding hydrogens is 771 g/mol. The molecule has 0 heterocycles. The van der Waals surface area contributed by atoms with E-state index < -0.39 is 0 Å². The van der Waals surface area contributed by atoms with Crippen molar-refractivity contribution in [2.75, 3.05) is 4.90 Å². The van der Waals surface area contributed by atoms with Crippen molar-refractivity contribution in [3.05, 3.63) is 185 Å². The summed E-state index contributed by atoms with van der Waals surface area (Å²) in [6.07, 6.45) is 6.27. The average molecular weight is 838 g/mol. The van der Waals surface area contributed by atoms with Crippen molar-refractivity contribution < 1.29 is 0 Å². The lowest BCUT2D eigenvalue weighted by molar-refractivity contribution is 0.353. The molecule has 0 atom stereocenters. The number of rotatable bonds is 5. The molecule has 64 heavy (non-hydrogen) atoms. The largest absolute Gasteiger partial charge is 0.310 e. The average Bonchev–Trinajstić information content (AvgIpc) is 3.66. The van der Waals surface area contributed by atoms with Crippen molar-refractivity contribution in [1.29, 1.82) is 0 Å². The first-order valence-electron chi connectivity index (χ1n) is 24.1. The van der Waals surface area contributed by atoms with Crippen molar-refractivity contribution in [2.45, 2.75) is 135 Å². The molecule has 1 fully saturated rings. The molecule has 1 spiro atoms. The maximum Gasteiger partial charge on any atom is 0.0540 e. The molecular formula is C63H67N. The fourth-order valence-corrected chi connectivity index (χ4v) is 11.6. The maximum absolute atomic E-state index is 2.60. The second-order valence-electron chi connectivity index (χ2n) is 23.0. The van der Waals surface area contributed by atoms with E-state index in [1.54, 1.807) is 0 Å². The highest BCUT2D eigenvalue weighted by Crippen LogP contribution is 2.58. The molecule has 1 saturated carbocycles. The normalized spacial score (nSPS) is 16.0. The lowest BCUT2D eigenvalue weighted by Crippen LogP contribution is -2.28. The van der Waals surface area contributed by atoms with Crippen molar-refractivity contribution in [1.82, 2.24) is 0 Å². The van der Waals surface area contributed by atoms with Gasteiger partial charge >= 0.3 is 0 Å². The molecule has 1 nitrogen and oxygen atoms in total. The highest BCUT2D eigenvalue weighted by Gasteiger charge is 2.44. The van der Waals surface area contributed by atoms with Gasteiger partial charge in [0.1, 0.15) is 0 Å². The van der Waals surface area contributed by atoms with Crippen LogP contribution in [0.1, 0.15) is 147 Å². The van der Waals surface area contributed by atoms with Crippen LogP contribution in [0, 0.1) is 0 Å². The minimum absolute atomic E-state index is 0.00353. The number of nitrogens with zero attached hydrogens (tertiary/aromatic N) is 1. The summed E-state index contributed by atoms with van der Waals surface area (Å²) in [7, 11) is 0. The summed E-state index contributed by atoms with van der Waals surface area (Å²) in [6, 6.07) is 57.0. The Hall–Kier alpha value is -5.66. The Bertz CT molecular complexity index is 2910. The third-order valence-electron chi connectivity index (χ3n) is 15.3. The van der Waals surface area contributed by atoms with Gasteiger partial charge in [-0.05, 0) is 143 Å². The van der Waals surface area contributed by atoms with E-state index in [9.17, 15) is 0 Å². The molecule has 0 saturated heterocycles. The number of benzene rings is 7. The Morgan fingerprint density at radius 2 is 0.859 bits per heavy atom. The first-order valence-corrected chi connectivity index (χ1v) is 24.1. The van der Waals surface area contributed by atoms with Crippen molar-refractivity contribution in [3.63, 3.8) is 0 Å². The van der Waals surface area contributed by atoms with Gasteiger partial charge in [0, 0.05) is 27.8 Å². The van der Waals surface area contributed by atoms with Gasteiger partial charge in [0.2, 0.25) is 0 Å². The van der Waals surface area contributed by atoms with Crippen LogP contribution in [0.4, 0.5) is 17.1 Å². The van der Waals surface area contributed by atoms with E-state index in [0.717, 1.165) is 0 Å². The van der Waals surface area contributed by atoms with Crippen molar-refractivity contribution in [2.24, 2.45) is 0 Å². The number of hydrogen-bond donors (Lipinski definition) is 0. The summed E-state index contributed by atoms with van der Waals surface area (Å²) in [5, 5.41) is 0. The Balaban J connectivity index is 1.24. The van der Waals surface area contributed by atoms with E-state index in [1.807, 2.05) is 0 Å². The van der Waals surface area contributed by atoms with E-state index in [0.29, 0.717) is 0 Å². The van der Waals surface area contributed by atoms with Crippen LogP contribution in [-0.4, -0.2) is 0 Å². The number of para-hydroxylation sites is 1. The molecule has 0 aliphatic heterocycles. The fraction of sp³-hybridized carbons (Fsp3) is 0.333. The van der Waals surface area contributed by atoms with Crippen LogP contribution < -0.4 is 4.90 Å². The van der Waals surface area contributed by atoms with Gasteiger partial charge in [0.05, 0.1) is 5.69 Å². The molecule has 10 rings (SSSR count). The van der Waals surface area contributed by atoms with E-state index in [1.165, 1.54) is 133 Å². The SMILES string of the molecule is CC(C)(C)c1cc(-c2cc(C(C)(C)C)ccc2-c2ccccc2N(c2ccc3c(c2)C(C)(C)c2ccccc2-3)c2ccc3c(c2)C2(CCCCC2)c2ccccc2-3)cc(C(C)(C)C)c1. The Morgan fingerprint density at radius 3 is 1.47 bits per heavy atom. The lowest BCUT2D eigenvalue weighted by Gasteiger charge is -2.37. The predicted molar refractivity (Wildman–Crippen MR) is 275 cm³/mol. The fourth-order valence-electron chi connectivity index (χ4n) is 11.6. The number of anilines is 3. The third kappa shape index (κ3) is 6.88. The molecule has 0 unspecified atom stereocenters. The minimum atomic E-state index is -0.127. The Morgan fingerprint density at radius 1 is 0.375 bits per heavy atom. The summed E-state index contributed by atoms with van der Waals surface area (Å²) in [5.74, 6) is 0. The first-order chi connectivity index (χ1) is 30.4. The molecule has 3 aliphatic rings. The summed E-state index contributed by atoms with van der Waals surface area (Å²) in [4.78, 5) is 2.60. The smallest absolute Gasteiger partial charge is 0.0540 e. The van der Waals surface area contributed by atoms with Crippen molar-refractivity contribution in [3.8, 4) is 44.5 Å². The first kappa shape index (κ1) is 42.3. The molecule has 7 aromatic carbocycles. The summed E-state index contributed by atoms with van der Waals surface area (Å²) >= 11 is 0. The van der Waals surface area contributed by atoms with E-state index in [2.05, 4.69) is 227 Å². The molecule has 0 bridgehead atoms. The van der Waals surface area contributed by atoms with Crippen LogP contribution in [0.3, 0.4) is 0 Å². The van der Waals surface area contributed by atoms with Crippen LogP contribution in [0.2, 0.25) is 0 Å². The van der Waals surface area contributed by atoms with Gasteiger partial charge < -0.3 is 4.90 Å². The standard InChI is InChI=1S/C63H67N/c1-59(2,3)42-27-30-47(53(38-42)41-35-43(60(4,5)6)37-44(36-41)61(7,8)9)52-23-15-18-26-58(52)64(45-28-31-50-48-21-13-16-24-54(48)62(10,11)56(50)39-45)46-29-32-51-49-22-14-17-25-55(49)63(57(51)40-46)33-19-12-20-34-63/h13-18,21-32,35-40H,12,19-20,33-34H2,1-11H3. The minimum Gasteiger partial charge on any atom is -0.310 e. The molecule has 0 amide bonds. The molecule has 0 N–H and O–H groups in total. The van der Waals surface area contributed by atoms with Gasteiger partial charge in [-0.25, -0.2) is 0 Å². The van der Waals surface area contributed by atoms with Gasteiger partial charge in [-0.1, -0.05) is 205 Å². The van der Waals surface area contributed by atoms with Crippen LogP contribution in [0.5, 0.6) is 0 Å². The zero-order valence-corrected chi connectivity index (χ0v) is 40.3. The zero-order chi connectivity index (χ0) is 45.0. The molecule has 0 aromatic heterocycles. The second-order valence-corrected chi connectivity index (χ2v) is 23.0. The van der Waals surface area contributed by atoms with Crippen LogP contribution in [0.25, 0.3) is 44.5 Å². The summed E-state index contributed by atoms with van der Waals surface area (Å²) in [6.45, 7) is 25.9. The van der Waals surface area contributed by atoms with Crippen molar-refractivity contribution >= 4 is 17.1 Å². The lowest BCUT2D eigenvalue weighted by atomic mass is 9.68. The zero-order valence-electron chi connectivity index (χ0n) is 40.3. The third-order valence-corrected chi connectivity index (χ3v) is 15.3. The molecule has 324 valence electrons. The second kappa shape index (κ2) is 14.9. The van der Waals surface area contributed by atoms with Crippen LogP contribution in [-0.2, 0) is 27.1 Å². The van der Waals surface area contributed by atoms with E-state index >= 15 is 0 Å². The topological polar surface area (TPSA) is 3.24 Å². The highest BCUT2D eigenvalue weighted by atomic mass is 15.1. The predicted octanol–water partition coefficient (Wildman–Crippen LogP) is 17.9. The van der Waals surface area contributed by atoms with E-state index in [-0.39, 0.29) is 27.1 Å². The van der Waals surface area contributed by atoms with Crippen LogP contribution in [0.15, 0.2) is 146 Å². The van der Waals surface area contributed by atoms with E-state index in [4.69, 9.17) is 0 Å². The molecule has 0 radical (unpaired) electrons. The highest BCUT2D eigenvalue weighted by molar-refractivity contribution is 5.96. The monoisotopic (exact) mass is 838 g/mol. The molecule has 7 aromatic rings. The van der Waals surface area contributed by atoms with Crippen LogP contribution >= 0.6 is 0 Å². The summed E-state index contributed by atoms with van der Waals surface area (Å²) < 4.78 is 0. The molecule has 1 heteroatoms. The Labute approximate surface area is 384 Å². The number of hydrogen-bond acceptors (Lipinski definition) is 1. The quantitative estimate of drug-likeness (QED) is 0.167. The Kier molecular flexibility index (Phi) is 9.88. The summed E-state index contributed by atoms with van der Waals surface area (Å²) in [5.41, 5.74) is 24.0. The van der Waals surface area contributed by atoms with Gasteiger partial charge in [-0.2, -0.15) is 0 Å². The molecule has 3 aliphatic carbocycles. The number of fused-ring (bicyclic) bond motifs is 8. The van der Waals surface area contributed by atoms with Gasteiger partial charge in [-0.15, -0.1) is 0 Å².